The summed E-state index contributed by atoms with van der Waals surface area (Å²) < 4.78 is 28.3. The Morgan fingerprint density at radius 2 is 1.94 bits per heavy atom. The van der Waals surface area contributed by atoms with Crippen molar-refractivity contribution in [1.29, 1.82) is 0 Å². The van der Waals surface area contributed by atoms with Crippen molar-refractivity contribution >= 4 is 34.8 Å². The molecule has 3 N–H and O–H groups in total. The summed E-state index contributed by atoms with van der Waals surface area (Å²) in [5.74, 6) is -0.655. The van der Waals surface area contributed by atoms with Gasteiger partial charge in [0, 0.05) is 18.7 Å². The number of benzene rings is 1. The number of halogens is 4. The number of nitrogens with one attached hydrogen (secondary N) is 1. The van der Waals surface area contributed by atoms with Gasteiger partial charge in [-0.25, -0.2) is 0 Å². The zero-order chi connectivity index (χ0) is 13.7. The van der Waals surface area contributed by atoms with Crippen LogP contribution in [0.1, 0.15) is 6.42 Å². The summed E-state index contributed by atoms with van der Waals surface area (Å²) in [6.45, 7) is -2.84. The van der Waals surface area contributed by atoms with Crippen LogP contribution in [0.5, 0.6) is 5.75 Å². The number of alkyl halides is 2. The molecule has 8 heteroatoms. The lowest BCUT2D eigenvalue weighted by Gasteiger charge is -2.11. The first-order valence-corrected chi connectivity index (χ1v) is 5.63. The Kier molecular flexibility index (Phi) is 5.58. The van der Waals surface area contributed by atoms with Crippen molar-refractivity contribution < 1.29 is 18.3 Å². The van der Waals surface area contributed by atoms with Crippen LogP contribution in [0.2, 0.25) is 10.0 Å². The van der Waals surface area contributed by atoms with Gasteiger partial charge in [0.05, 0.1) is 10.0 Å². The quantitative estimate of drug-likeness (QED) is 0.878. The molecule has 1 rings (SSSR count). The van der Waals surface area contributed by atoms with Crippen molar-refractivity contribution in [3.05, 3.63) is 22.2 Å². The van der Waals surface area contributed by atoms with Gasteiger partial charge in [0.1, 0.15) is 0 Å². The first kappa shape index (κ1) is 14.9. The predicted octanol–water partition coefficient (Wildman–Crippen LogP) is 2.88. The van der Waals surface area contributed by atoms with E-state index >= 15 is 0 Å². The number of hydrogen-bond acceptors (Lipinski definition) is 3. The van der Waals surface area contributed by atoms with Gasteiger partial charge in [-0.05, 0) is 12.1 Å². The van der Waals surface area contributed by atoms with Crippen LogP contribution in [0, 0.1) is 0 Å². The van der Waals surface area contributed by atoms with Crippen molar-refractivity contribution in [3.8, 4) is 5.75 Å². The van der Waals surface area contributed by atoms with Crippen molar-refractivity contribution in [3.63, 3.8) is 0 Å². The number of hydrogen-bond donors (Lipinski definition) is 2. The van der Waals surface area contributed by atoms with E-state index in [0.717, 1.165) is 0 Å². The molecular weight excluding hydrogens is 289 g/mol. The lowest BCUT2D eigenvalue weighted by molar-refractivity contribution is -0.116. The van der Waals surface area contributed by atoms with E-state index in [4.69, 9.17) is 28.9 Å². The fourth-order valence-corrected chi connectivity index (χ4v) is 1.76. The highest BCUT2D eigenvalue weighted by molar-refractivity contribution is 6.37. The minimum Gasteiger partial charge on any atom is -0.432 e. The zero-order valence-electron chi connectivity index (χ0n) is 9.05. The first-order chi connectivity index (χ1) is 8.43. The van der Waals surface area contributed by atoms with Crippen LogP contribution >= 0.6 is 23.2 Å². The second kappa shape index (κ2) is 6.72. The van der Waals surface area contributed by atoms with Gasteiger partial charge in [0.2, 0.25) is 5.91 Å². The molecule has 0 saturated carbocycles. The molecule has 0 heterocycles. The Morgan fingerprint density at radius 1 is 1.39 bits per heavy atom. The summed E-state index contributed by atoms with van der Waals surface area (Å²) in [6.07, 6.45) is 0.129. The standard InChI is InChI=1S/C10H10Cl2F2N2O2/c11-6-3-5(16-8(17)1-2-15)4-7(12)9(6)18-10(13)14/h3-4,10H,1-2,15H2,(H,16,17). The average Bonchev–Trinajstić information content (AvgIpc) is 2.23. The molecule has 0 spiro atoms. The van der Waals surface area contributed by atoms with E-state index in [9.17, 15) is 13.6 Å². The Labute approximate surface area is 112 Å². The molecule has 0 unspecified atom stereocenters. The van der Waals surface area contributed by atoms with Gasteiger partial charge in [-0.1, -0.05) is 23.2 Å². The summed E-state index contributed by atoms with van der Waals surface area (Å²) in [5, 5.41) is 2.23. The first-order valence-electron chi connectivity index (χ1n) is 4.87. The highest BCUT2D eigenvalue weighted by atomic mass is 35.5. The Morgan fingerprint density at radius 3 is 2.39 bits per heavy atom. The van der Waals surface area contributed by atoms with E-state index in [1.54, 1.807) is 0 Å². The largest absolute Gasteiger partial charge is 0.432 e. The maximum atomic E-state index is 12.1. The Hall–Kier alpha value is -1.11. The molecule has 0 saturated heterocycles. The third-order valence-electron chi connectivity index (χ3n) is 1.86. The van der Waals surface area contributed by atoms with E-state index in [-0.39, 0.29) is 40.4 Å². The molecule has 100 valence electrons. The number of ether oxygens (including phenoxy) is 1. The van der Waals surface area contributed by atoms with Gasteiger partial charge < -0.3 is 15.8 Å². The van der Waals surface area contributed by atoms with Crippen LogP contribution in [-0.4, -0.2) is 19.1 Å². The molecule has 0 atom stereocenters. The fourth-order valence-electron chi connectivity index (χ4n) is 1.19. The predicted molar refractivity (Wildman–Crippen MR) is 65.4 cm³/mol. The maximum Gasteiger partial charge on any atom is 0.387 e. The smallest absolute Gasteiger partial charge is 0.387 e. The van der Waals surface area contributed by atoms with Crippen molar-refractivity contribution in [2.45, 2.75) is 13.0 Å². The minimum absolute atomic E-state index is 0.120. The SMILES string of the molecule is NCCC(=O)Nc1cc(Cl)c(OC(F)F)c(Cl)c1. The normalized spacial score (nSPS) is 10.6. The van der Waals surface area contributed by atoms with Gasteiger partial charge in [-0.2, -0.15) is 8.78 Å². The summed E-state index contributed by atoms with van der Waals surface area (Å²) in [4.78, 5) is 11.3. The lowest BCUT2D eigenvalue weighted by Crippen LogP contribution is -2.16. The van der Waals surface area contributed by atoms with Crippen LogP contribution in [-0.2, 0) is 4.79 Å². The molecule has 0 radical (unpaired) electrons. The number of carbonyl (C=O) groups is 1. The van der Waals surface area contributed by atoms with Crippen molar-refractivity contribution in [2.24, 2.45) is 5.73 Å². The molecule has 0 fully saturated rings. The van der Waals surface area contributed by atoms with Crippen LogP contribution in [0.25, 0.3) is 0 Å². The molecule has 1 aromatic carbocycles. The average molecular weight is 299 g/mol. The highest BCUT2D eigenvalue weighted by Gasteiger charge is 2.15. The summed E-state index contributed by atoms with van der Waals surface area (Å²) in [6, 6.07) is 2.53. The third-order valence-corrected chi connectivity index (χ3v) is 2.42. The summed E-state index contributed by atoms with van der Waals surface area (Å²) >= 11 is 11.4. The zero-order valence-corrected chi connectivity index (χ0v) is 10.6. The van der Waals surface area contributed by atoms with Gasteiger partial charge in [0.25, 0.3) is 0 Å². The molecular formula is C10H10Cl2F2N2O2. The molecule has 0 aromatic heterocycles. The van der Waals surface area contributed by atoms with E-state index in [0.29, 0.717) is 0 Å². The number of nitrogens with two attached hydrogens (primary N) is 1. The van der Waals surface area contributed by atoms with Crippen LogP contribution in [0.3, 0.4) is 0 Å². The monoisotopic (exact) mass is 298 g/mol. The minimum atomic E-state index is -3.03. The Bertz CT molecular complexity index is 421. The number of rotatable bonds is 5. The number of amides is 1. The number of anilines is 1. The summed E-state index contributed by atoms with van der Waals surface area (Å²) in [5.41, 5.74) is 5.49. The van der Waals surface area contributed by atoms with Gasteiger partial charge >= 0.3 is 6.61 Å². The Balaban J connectivity index is 2.89. The van der Waals surface area contributed by atoms with E-state index in [2.05, 4.69) is 10.1 Å². The molecule has 0 aliphatic rings. The summed E-state index contributed by atoms with van der Waals surface area (Å²) in [7, 11) is 0. The molecule has 0 aliphatic carbocycles. The fraction of sp³-hybridized carbons (Fsp3) is 0.300. The van der Waals surface area contributed by atoms with E-state index in [1.807, 2.05) is 0 Å². The van der Waals surface area contributed by atoms with E-state index < -0.39 is 6.61 Å². The molecule has 1 aromatic rings. The second-order valence-corrected chi connectivity index (χ2v) is 4.05. The van der Waals surface area contributed by atoms with E-state index in [1.165, 1.54) is 12.1 Å². The van der Waals surface area contributed by atoms with Gasteiger partial charge in [-0.15, -0.1) is 0 Å². The van der Waals surface area contributed by atoms with Gasteiger partial charge in [0.15, 0.2) is 5.75 Å². The van der Waals surface area contributed by atoms with Crippen molar-refractivity contribution in [2.75, 3.05) is 11.9 Å². The van der Waals surface area contributed by atoms with Gasteiger partial charge in [-0.3, -0.25) is 4.79 Å². The maximum absolute atomic E-state index is 12.1. The molecule has 18 heavy (non-hydrogen) atoms. The van der Waals surface area contributed by atoms with Crippen LogP contribution in [0.4, 0.5) is 14.5 Å². The third kappa shape index (κ3) is 4.29. The highest BCUT2D eigenvalue weighted by Crippen LogP contribution is 2.36. The topological polar surface area (TPSA) is 64.4 Å². The lowest BCUT2D eigenvalue weighted by atomic mass is 10.3. The molecule has 0 aliphatic heterocycles. The number of carbonyl (C=O) groups excluding carboxylic acids is 1. The second-order valence-electron chi connectivity index (χ2n) is 3.23. The van der Waals surface area contributed by atoms with Crippen molar-refractivity contribution in [1.82, 2.24) is 0 Å². The van der Waals surface area contributed by atoms with Crippen LogP contribution in [0.15, 0.2) is 12.1 Å². The molecule has 4 nitrogen and oxygen atoms in total. The van der Waals surface area contributed by atoms with Crippen LogP contribution < -0.4 is 15.8 Å². The molecule has 0 bridgehead atoms. The molecule has 1 amide bonds.